The van der Waals surface area contributed by atoms with Crippen molar-refractivity contribution in [3.63, 3.8) is 0 Å². The predicted octanol–water partition coefficient (Wildman–Crippen LogP) is 5.76. The molecule has 0 unspecified atom stereocenters. The van der Waals surface area contributed by atoms with Crippen LogP contribution in [0.1, 0.15) is 27.8 Å². The minimum Gasteiger partial charge on any atom is -0.505 e. The molecule has 1 aliphatic heterocycles. The number of aromatic hydroxyl groups is 1. The van der Waals surface area contributed by atoms with Crippen LogP contribution in [0.2, 0.25) is 0 Å². The molecule has 0 radical (unpaired) electrons. The summed E-state index contributed by atoms with van der Waals surface area (Å²) in [7, 11) is 0. The quantitative estimate of drug-likeness (QED) is 0.174. The number of alkyl halides is 3. The van der Waals surface area contributed by atoms with Crippen LogP contribution in [0.25, 0.3) is 6.08 Å². The normalized spacial score (nSPS) is 14.5. The summed E-state index contributed by atoms with van der Waals surface area (Å²) >= 11 is 0. The zero-order valence-electron chi connectivity index (χ0n) is 19.4. The number of halogens is 4. The molecule has 1 heterocycles. The average Bonchev–Trinajstić information content (AvgIpc) is 3.10. The fraction of sp³-hybridized carbons (Fsp3) is 0.115. The lowest BCUT2D eigenvalue weighted by atomic mass is 10.1. The second kappa shape index (κ2) is 9.41. The van der Waals surface area contributed by atoms with Crippen LogP contribution in [0.4, 0.5) is 34.6 Å². The monoisotopic (exact) mass is 513 g/mol. The molecule has 0 saturated carbocycles. The summed E-state index contributed by atoms with van der Waals surface area (Å²) < 4.78 is 55.5. The Morgan fingerprint density at radius 1 is 1.08 bits per heavy atom. The van der Waals surface area contributed by atoms with Crippen molar-refractivity contribution in [3.05, 3.63) is 88.2 Å². The number of amides is 1. The number of nitrogens with zero attached hydrogens (tertiary/aromatic N) is 2. The molecular formula is C26H19F4N3O4. The maximum absolute atomic E-state index is 15.1. The van der Waals surface area contributed by atoms with Crippen molar-refractivity contribution in [3.8, 4) is 5.75 Å². The number of phenolic OH excluding ortho intramolecular Hbond substituents is 1. The lowest BCUT2D eigenvalue weighted by Crippen LogP contribution is -2.26. The summed E-state index contributed by atoms with van der Waals surface area (Å²) in [5.41, 5.74) is 1.83. The minimum absolute atomic E-state index is 0.0497. The summed E-state index contributed by atoms with van der Waals surface area (Å²) in [6.07, 6.45) is -2.93. The van der Waals surface area contributed by atoms with Gasteiger partial charge in [-0.3, -0.25) is 15.1 Å². The number of benzene rings is 3. The average molecular weight is 513 g/mol. The van der Waals surface area contributed by atoms with Gasteiger partial charge >= 0.3 is 12.1 Å². The predicted molar refractivity (Wildman–Crippen MR) is 129 cm³/mol. The van der Waals surface area contributed by atoms with E-state index < -0.39 is 46.5 Å². The van der Waals surface area contributed by atoms with E-state index in [1.165, 1.54) is 24.3 Å². The van der Waals surface area contributed by atoms with Gasteiger partial charge in [-0.1, -0.05) is 18.2 Å². The highest BCUT2D eigenvalue weighted by Gasteiger charge is 2.41. The molecule has 1 amide bonds. The van der Waals surface area contributed by atoms with Gasteiger partial charge in [0.25, 0.3) is 5.91 Å². The van der Waals surface area contributed by atoms with E-state index in [1.54, 1.807) is 19.1 Å². The van der Waals surface area contributed by atoms with Crippen molar-refractivity contribution in [2.45, 2.75) is 20.0 Å². The van der Waals surface area contributed by atoms with Gasteiger partial charge < -0.3 is 10.2 Å². The summed E-state index contributed by atoms with van der Waals surface area (Å²) in [5.74, 6) is -3.84. The number of para-hydroxylation sites is 1. The van der Waals surface area contributed by atoms with E-state index in [0.29, 0.717) is 12.1 Å². The number of carbonyl (C=O) groups is 2. The molecule has 0 aliphatic carbocycles. The molecule has 7 nitrogen and oxygen atoms in total. The third kappa shape index (κ3) is 4.88. The first-order valence-electron chi connectivity index (χ1n) is 10.8. The van der Waals surface area contributed by atoms with Gasteiger partial charge in [0.15, 0.2) is 5.71 Å². The van der Waals surface area contributed by atoms with Crippen molar-refractivity contribution in [1.29, 1.82) is 0 Å². The van der Waals surface area contributed by atoms with E-state index >= 15 is 4.39 Å². The van der Waals surface area contributed by atoms with Crippen LogP contribution in [0.3, 0.4) is 0 Å². The van der Waals surface area contributed by atoms with Gasteiger partial charge in [-0.15, -0.1) is 0 Å². The zero-order valence-corrected chi connectivity index (χ0v) is 19.4. The molecule has 190 valence electrons. The van der Waals surface area contributed by atoms with E-state index in [1.807, 2.05) is 6.92 Å². The summed E-state index contributed by atoms with van der Waals surface area (Å²) in [6, 6.07) is 10.0. The van der Waals surface area contributed by atoms with Crippen molar-refractivity contribution in [2.75, 3.05) is 10.3 Å². The molecule has 0 atom stereocenters. The fourth-order valence-corrected chi connectivity index (χ4v) is 3.78. The molecular weight excluding hydrogens is 494 g/mol. The first-order chi connectivity index (χ1) is 17.4. The van der Waals surface area contributed by atoms with Crippen LogP contribution in [0, 0.1) is 19.7 Å². The highest BCUT2D eigenvalue weighted by molar-refractivity contribution is 6.55. The Bertz CT molecular complexity index is 1500. The Hall–Kier alpha value is -4.67. The number of hydrazone groups is 1. The molecule has 0 spiro atoms. The van der Waals surface area contributed by atoms with Crippen molar-refractivity contribution in [2.24, 2.45) is 5.10 Å². The van der Waals surface area contributed by atoms with E-state index in [2.05, 4.69) is 10.5 Å². The number of carboxylic acid groups (broad SMARTS) is 1. The fourth-order valence-electron chi connectivity index (χ4n) is 3.78. The van der Waals surface area contributed by atoms with E-state index in [9.17, 15) is 27.9 Å². The van der Waals surface area contributed by atoms with Gasteiger partial charge in [0.1, 0.15) is 11.6 Å². The van der Waals surface area contributed by atoms with Crippen LogP contribution < -0.4 is 10.3 Å². The number of aryl methyl sites for hydroxylation is 2. The number of carboxylic acids is 1. The van der Waals surface area contributed by atoms with Gasteiger partial charge in [-0.05, 0) is 61.4 Å². The number of phenols is 1. The molecule has 11 heteroatoms. The van der Waals surface area contributed by atoms with Crippen molar-refractivity contribution >= 4 is 40.7 Å². The standard InChI is InChI=1S/C26H19F4N3O4/c1-13-6-8-17(10-14(13)2)33-20-12-16(26(28,29)30)11-18(27)22(20)23(25(33)37)32-31-19-5-3-4-15(24(19)36)7-9-21(34)35/h3-12,31,36H,1-2H3,(H,34,35)/b9-7-,32-23?. The van der Waals surface area contributed by atoms with Crippen LogP contribution in [-0.4, -0.2) is 27.8 Å². The summed E-state index contributed by atoms with van der Waals surface area (Å²) in [4.78, 5) is 25.1. The second-order valence-electron chi connectivity index (χ2n) is 8.25. The maximum Gasteiger partial charge on any atom is 0.416 e. The summed E-state index contributed by atoms with van der Waals surface area (Å²) in [5, 5.41) is 23.2. The Balaban J connectivity index is 1.84. The molecule has 0 aromatic heterocycles. The molecule has 1 aliphatic rings. The first kappa shape index (κ1) is 25.4. The van der Waals surface area contributed by atoms with Crippen LogP contribution in [0.15, 0.2) is 59.7 Å². The topological polar surface area (TPSA) is 102 Å². The van der Waals surface area contributed by atoms with Crippen molar-refractivity contribution in [1.82, 2.24) is 0 Å². The van der Waals surface area contributed by atoms with Gasteiger partial charge in [-0.2, -0.15) is 18.3 Å². The SMILES string of the molecule is Cc1ccc(N2C(=O)C(=NNc3cccc(/C=C\C(=O)O)c3O)c3c(F)cc(C(F)(F)F)cc32)cc1C. The molecule has 0 bridgehead atoms. The number of hydrogen-bond acceptors (Lipinski definition) is 5. The van der Waals surface area contributed by atoms with Crippen LogP contribution in [-0.2, 0) is 15.8 Å². The number of fused-ring (bicyclic) bond motifs is 1. The molecule has 3 aromatic rings. The maximum atomic E-state index is 15.1. The molecule has 3 aromatic carbocycles. The zero-order chi connectivity index (χ0) is 27.1. The molecule has 0 saturated heterocycles. The number of carbonyl (C=O) groups excluding carboxylic acids is 1. The smallest absolute Gasteiger partial charge is 0.416 e. The third-order valence-electron chi connectivity index (χ3n) is 5.79. The van der Waals surface area contributed by atoms with Crippen LogP contribution >= 0.6 is 0 Å². The van der Waals surface area contributed by atoms with Gasteiger partial charge in [-0.25, -0.2) is 9.18 Å². The number of aliphatic carboxylic acids is 1. The van der Waals surface area contributed by atoms with E-state index in [0.717, 1.165) is 28.2 Å². The lowest BCUT2D eigenvalue weighted by Gasteiger charge is -2.19. The third-order valence-corrected chi connectivity index (χ3v) is 5.79. The minimum atomic E-state index is -4.86. The Morgan fingerprint density at radius 2 is 1.81 bits per heavy atom. The molecule has 0 fully saturated rings. The highest BCUT2D eigenvalue weighted by atomic mass is 19.4. The number of rotatable bonds is 5. The van der Waals surface area contributed by atoms with Gasteiger partial charge in [0, 0.05) is 17.3 Å². The summed E-state index contributed by atoms with van der Waals surface area (Å²) in [6.45, 7) is 3.58. The Kier molecular flexibility index (Phi) is 6.47. The first-order valence-corrected chi connectivity index (χ1v) is 10.8. The van der Waals surface area contributed by atoms with Crippen molar-refractivity contribution < 1.29 is 37.4 Å². The molecule has 37 heavy (non-hydrogen) atoms. The van der Waals surface area contributed by atoms with E-state index in [4.69, 9.17) is 5.11 Å². The number of hydrogen-bond donors (Lipinski definition) is 3. The molecule has 3 N–H and O–H groups in total. The highest BCUT2D eigenvalue weighted by Crippen LogP contribution is 2.42. The van der Waals surface area contributed by atoms with E-state index in [-0.39, 0.29) is 22.6 Å². The molecule has 4 rings (SSSR count). The largest absolute Gasteiger partial charge is 0.505 e. The van der Waals surface area contributed by atoms with Crippen LogP contribution in [0.5, 0.6) is 5.75 Å². The second-order valence-corrected chi connectivity index (χ2v) is 8.25. The van der Waals surface area contributed by atoms with Gasteiger partial charge in [0.05, 0.1) is 22.5 Å². The lowest BCUT2D eigenvalue weighted by molar-refractivity contribution is -0.137. The number of anilines is 3. The van der Waals surface area contributed by atoms with Gasteiger partial charge in [0.2, 0.25) is 0 Å². The number of nitrogens with one attached hydrogen (secondary N) is 1. The Labute approximate surface area is 208 Å². The Morgan fingerprint density at radius 3 is 2.46 bits per heavy atom.